The average Bonchev–Trinajstić information content (AvgIpc) is 2.63. The zero-order chi connectivity index (χ0) is 12.7. The Kier molecular flexibility index (Phi) is 2.65. The van der Waals surface area contributed by atoms with Gasteiger partial charge in [-0.2, -0.15) is 0 Å². The van der Waals surface area contributed by atoms with Gasteiger partial charge >= 0.3 is 0 Å². The molecule has 2 fully saturated rings. The van der Waals surface area contributed by atoms with Gasteiger partial charge in [0.05, 0.1) is 5.69 Å². The highest BCUT2D eigenvalue weighted by molar-refractivity contribution is 5.64. The van der Waals surface area contributed by atoms with Crippen LogP contribution in [0.1, 0.15) is 18.4 Å². The van der Waals surface area contributed by atoms with E-state index in [1.54, 1.807) is 0 Å². The molecule has 2 atom stereocenters. The molecule has 3 rings (SSSR count). The largest absolute Gasteiger partial charge is 0.505 e. The van der Waals surface area contributed by atoms with Gasteiger partial charge in [0.15, 0.2) is 0 Å². The minimum absolute atomic E-state index is 0.349. The van der Waals surface area contributed by atoms with Crippen LogP contribution in [0.3, 0.4) is 0 Å². The van der Waals surface area contributed by atoms with Gasteiger partial charge in [-0.05, 0) is 31.4 Å². The summed E-state index contributed by atoms with van der Waals surface area (Å²) in [6.07, 6.45) is 3.14. The lowest BCUT2D eigenvalue weighted by Gasteiger charge is -2.41. The number of hydrogen-bond donors (Lipinski definition) is 1. The van der Waals surface area contributed by atoms with Gasteiger partial charge in [0.25, 0.3) is 0 Å². The number of nitrogens with zero attached hydrogens (tertiary/aromatic N) is 2. The van der Waals surface area contributed by atoms with Crippen molar-refractivity contribution in [2.75, 3.05) is 18.0 Å². The summed E-state index contributed by atoms with van der Waals surface area (Å²) < 4.78 is 0. The fourth-order valence-electron chi connectivity index (χ4n) is 3.27. The predicted molar refractivity (Wildman–Crippen MR) is 69.8 cm³/mol. The van der Waals surface area contributed by atoms with Gasteiger partial charge in [-0.1, -0.05) is 12.1 Å². The molecule has 2 unspecified atom stereocenters. The van der Waals surface area contributed by atoms with Crippen LogP contribution in [0, 0.1) is 6.92 Å². The van der Waals surface area contributed by atoms with E-state index < -0.39 is 0 Å². The monoisotopic (exact) mass is 246 g/mol. The smallest absolute Gasteiger partial charge is 0.209 e. The molecule has 0 radical (unpaired) electrons. The topological polar surface area (TPSA) is 43.8 Å². The third kappa shape index (κ3) is 1.64. The van der Waals surface area contributed by atoms with Crippen LogP contribution in [-0.2, 0) is 4.79 Å². The third-order valence-corrected chi connectivity index (χ3v) is 4.15. The molecule has 1 aromatic rings. The molecule has 0 saturated carbocycles. The first-order chi connectivity index (χ1) is 8.70. The van der Waals surface area contributed by atoms with E-state index in [2.05, 4.69) is 4.90 Å². The first-order valence-electron chi connectivity index (χ1n) is 6.47. The van der Waals surface area contributed by atoms with Crippen molar-refractivity contribution in [2.45, 2.75) is 31.8 Å². The standard InChI is InChI=1S/C14H18N2O2/c1-10-3-2-4-13(14(10)18)16-11-5-6-12(16)8-15(7-11)9-17/h2-4,9,11-12,18H,5-8H2,1H3. The first kappa shape index (κ1) is 11.4. The number of hydrogen-bond acceptors (Lipinski definition) is 3. The summed E-state index contributed by atoms with van der Waals surface area (Å²) in [6.45, 7) is 3.46. The summed E-state index contributed by atoms with van der Waals surface area (Å²) in [5.41, 5.74) is 1.83. The number of fused-ring (bicyclic) bond motifs is 2. The highest BCUT2D eigenvalue weighted by atomic mass is 16.3. The molecule has 1 aromatic carbocycles. The number of anilines is 1. The Hall–Kier alpha value is -1.71. The zero-order valence-electron chi connectivity index (χ0n) is 10.5. The summed E-state index contributed by atoms with van der Waals surface area (Å²) in [5, 5.41) is 10.2. The van der Waals surface area contributed by atoms with Crippen LogP contribution < -0.4 is 4.90 Å². The summed E-state index contributed by atoms with van der Waals surface area (Å²) in [7, 11) is 0. The molecule has 2 bridgehead atoms. The van der Waals surface area contributed by atoms with E-state index in [1.165, 1.54) is 0 Å². The van der Waals surface area contributed by atoms with Crippen LogP contribution in [0.4, 0.5) is 5.69 Å². The van der Waals surface area contributed by atoms with Crippen LogP contribution in [0.2, 0.25) is 0 Å². The number of phenolic OH excluding ortho intramolecular Hbond substituents is 1. The van der Waals surface area contributed by atoms with E-state index >= 15 is 0 Å². The molecular weight excluding hydrogens is 228 g/mol. The number of phenols is 1. The average molecular weight is 246 g/mol. The Balaban J connectivity index is 1.94. The molecule has 2 heterocycles. The van der Waals surface area contributed by atoms with Crippen molar-refractivity contribution in [1.29, 1.82) is 0 Å². The van der Waals surface area contributed by atoms with Crippen LogP contribution in [-0.4, -0.2) is 41.6 Å². The van der Waals surface area contributed by atoms with E-state index in [4.69, 9.17) is 0 Å². The van der Waals surface area contributed by atoms with Crippen molar-refractivity contribution in [2.24, 2.45) is 0 Å². The highest BCUT2D eigenvalue weighted by Crippen LogP contribution is 2.40. The second kappa shape index (κ2) is 4.19. The molecule has 2 saturated heterocycles. The molecule has 2 aliphatic rings. The summed E-state index contributed by atoms with van der Waals surface area (Å²) >= 11 is 0. The fourth-order valence-corrected chi connectivity index (χ4v) is 3.27. The quantitative estimate of drug-likeness (QED) is 0.804. The maximum absolute atomic E-state index is 10.9. The number of likely N-dealkylation sites (tertiary alicyclic amines) is 1. The maximum Gasteiger partial charge on any atom is 0.209 e. The lowest BCUT2D eigenvalue weighted by Crippen LogP contribution is -2.53. The minimum atomic E-state index is 0.349. The van der Waals surface area contributed by atoms with E-state index in [0.29, 0.717) is 17.8 Å². The molecule has 2 aliphatic heterocycles. The van der Waals surface area contributed by atoms with E-state index in [0.717, 1.165) is 43.6 Å². The molecule has 4 heteroatoms. The minimum Gasteiger partial charge on any atom is -0.505 e. The molecule has 0 aromatic heterocycles. The van der Waals surface area contributed by atoms with Gasteiger partial charge in [-0.25, -0.2) is 0 Å². The molecule has 18 heavy (non-hydrogen) atoms. The van der Waals surface area contributed by atoms with Crippen molar-refractivity contribution in [3.05, 3.63) is 23.8 Å². The van der Waals surface area contributed by atoms with Gasteiger partial charge in [-0.15, -0.1) is 0 Å². The lowest BCUT2D eigenvalue weighted by atomic mass is 10.1. The number of amides is 1. The van der Waals surface area contributed by atoms with Crippen molar-refractivity contribution in [1.82, 2.24) is 4.90 Å². The van der Waals surface area contributed by atoms with Crippen molar-refractivity contribution >= 4 is 12.1 Å². The van der Waals surface area contributed by atoms with Gasteiger partial charge < -0.3 is 14.9 Å². The Morgan fingerprint density at radius 3 is 2.56 bits per heavy atom. The molecular formula is C14H18N2O2. The van der Waals surface area contributed by atoms with Gasteiger partial charge in [0, 0.05) is 25.2 Å². The molecule has 0 spiro atoms. The summed E-state index contributed by atoms with van der Waals surface area (Å²) in [5.74, 6) is 0.383. The Morgan fingerprint density at radius 1 is 1.28 bits per heavy atom. The van der Waals surface area contributed by atoms with Crippen molar-refractivity contribution in [3.63, 3.8) is 0 Å². The molecule has 1 N–H and O–H groups in total. The summed E-state index contributed by atoms with van der Waals surface area (Å²) in [6, 6.07) is 6.58. The maximum atomic E-state index is 10.9. The molecule has 0 aliphatic carbocycles. The van der Waals surface area contributed by atoms with E-state index in [-0.39, 0.29) is 0 Å². The number of carbonyl (C=O) groups is 1. The zero-order valence-corrected chi connectivity index (χ0v) is 10.5. The van der Waals surface area contributed by atoms with Crippen molar-refractivity contribution < 1.29 is 9.90 Å². The van der Waals surface area contributed by atoms with Gasteiger partial charge in [-0.3, -0.25) is 4.79 Å². The Morgan fingerprint density at radius 2 is 1.94 bits per heavy atom. The van der Waals surface area contributed by atoms with Crippen molar-refractivity contribution in [3.8, 4) is 5.75 Å². The molecule has 1 amide bonds. The summed E-state index contributed by atoms with van der Waals surface area (Å²) in [4.78, 5) is 15.1. The number of benzene rings is 1. The van der Waals surface area contributed by atoms with Gasteiger partial charge in [0.2, 0.25) is 6.41 Å². The number of para-hydroxylation sites is 1. The fraction of sp³-hybridized carbons (Fsp3) is 0.500. The van der Waals surface area contributed by atoms with E-state index in [1.807, 2.05) is 30.0 Å². The van der Waals surface area contributed by atoms with Crippen LogP contribution in [0.15, 0.2) is 18.2 Å². The van der Waals surface area contributed by atoms with Crippen LogP contribution in [0.25, 0.3) is 0 Å². The van der Waals surface area contributed by atoms with E-state index in [9.17, 15) is 9.90 Å². The van der Waals surface area contributed by atoms with Crippen LogP contribution in [0.5, 0.6) is 5.75 Å². The number of aryl methyl sites for hydroxylation is 1. The number of aromatic hydroxyl groups is 1. The second-order valence-corrected chi connectivity index (χ2v) is 5.29. The van der Waals surface area contributed by atoms with Crippen LogP contribution >= 0.6 is 0 Å². The number of carbonyl (C=O) groups excluding carboxylic acids is 1. The normalized spacial score (nSPS) is 26.5. The first-order valence-corrected chi connectivity index (χ1v) is 6.47. The third-order valence-electron chi connectivity index (χ3n) is 4.15. The Bertz CT molecular complexity index is 461. The lowest BCUT2D eigenvalue weighted by molar-refractivity contribution is -0.119. The Labute approximate surface area is 107 Å². The second-order valence-electron chi connectivity index (χ2n) is 5.29. The molecule has 4 nitrogen and oxygen atoms in total. The number of rotatable bonds is 2. The predicted octanol–water partition coefficient (Wildman–Crippen LogP) is 1.51. The number of piperazine rings is 1. The SMILES string of the molecule is Cc1cccc(N2C3CCC2CN(C=O)C3)c1O. The highest BCUT2D eigenvalue weighted by Gasteiger charge is 2.40. The van der Waals surface area contributed by atoms with Gasteiger partial charge in [0.1, 0.15) is 5.75 Å². The molecule has 96 valence electrons.